The summed E-state index contributed by atoms with van der Waals surface area (Å²) in [6.07, 6.45) is 1.18. The third kappa shape index (κ3) is 1.21. The fourth-order valence-corrected chi connectivity index (χ4v) is 1.68. The summed E-state index contributed by atoms with van der Waals surface area (Å²) in [6, 6.07) is 3.14. The highest BCUT2D eigenvalue weighted by Gasteiger charge is 2.07. The van der Waals surface area contributed by atoms with Crippen molar-refractivity contribution in [2.24, 2.45) is 0 Å². The number of aromatic nitrogens is 1. The molecular weight excluding hydrogens is 181 g/mol. The van der Waals surface area contributed by atoms with Gasteiger partial charge in [0.25, 0.3) is 0 Å². The second kappa shape index (κ2) is 2.94. The highest BCUT2D eigenvalue weighted by atomic mass is 19.1. The number of phenols is 1. The van der Waals surface area contributed by atoms with Crippen molar-refractivity contribution in [3.05, 3.63) is 35.3 Å². The standard InChI is InChI=1S/C11H10FNO/c1-6-3-8(14)4-10-11(6)7(2)9(12)5-13-10/h3-5,14H,1-2H3. The quantitative estimate of drug-likeness (QED) is 0.694. The molecule has 0 atom stereocenters. The summed E-state index contributed by atoms with van der Waals surface area (Å²) in [4.78, 5) is 3.93. The lowest BCUT2D eigenvalue weighted by Gasteiger charge is -2.06. The Kier molecular flexibility index (Phi) is 1.88. The number of aromatic hydroxyl groups is 1. The average Bonchev–Trinajstić information content (AvgIpc) is 2.10. The third-order valence-electron chi connectivity index (χ3n) is 2.35. The lowest BCUT2D eigenvalue weighted by Crippen LogP contribution is -1.90. The third-order valence-corrected chi connectivity index (χ3v) is 2.35. The zero-order valence-electron chi connectivity index (χ0n) is 8.00. The summed E-state index contributed by atoms with van der Waals surface area (Å²) >= 11 is 0. The first kappa shape index (κ1) is 8.94. The molecule has 0 unspecified atom stereocenters. The Morgan fingerprint density at radius 3 is 2.71 bits per heavy atom. The van der Waals surface area contributed by atoms with Crippen LogP contribution in [0.4, 0.5) is 4.39 Å². The van der Waals surface area contributed by atoms with E-state index in [-0.39, 0.29) is 11.6 Å². The molecule has 0 amide bonds. The topological polar surface area (TPSA) is 33.1 Å². The van der Waals surface area contributed by atoms with E-state index in [0.29, 0.717) is 11.1 Å². The Hall–Kier alpha value is -1.64. The number of pyridine rings is 1. The van der Waals surface area contributed by atoms with Crippen LogP contribution in [0, 0.1) is 19.7 Å². The molecular formula is C11H10FNO. The van der Waals surface area contributed by atoms with E-state index in [0.717, 1.165) is 10.9 Å². The number of hydrogen-bond donors (Lipinski definition) is 1. The van der Waals surface area contributed by atoms with Crippen LogP contribution in [0.1, 0.15) is 11.1 Å². The maximum absolute atomic E-state index is 13.2. The van der Waals surface area contributed by atoms with Crippen LogP contribution in [0.2, 0.25) is 0 Å². The molecule has 72 valence electrons. The number of nitrogens with zero attached hydrogens (tertiary/aromatic N) is 1. The second-order valence-electron chi connectivity index (χ2n) is 3.39. The second-order valence-corrected chi connectivity index (χ2v) is 3.39. The summed E-state index contributed by atoms with van der Waals surface area (Å²) in [5.74, 6) is -0.153. The maximum Gasteiger partial charge on any atom is 0.145 e. The molecule has 0 bridgehead atoms. The van der Waals surface area contributed by atoms with E-state index >= 15 is 0 Å². The molecule has 1 aromatic heterocycles. The summed E-state index contributed by atoms with van der Waals surface area (Å²) in [7, 11) is 0. The van der Waals surface area contributed by atoms with E-state index in [1.807, 2.05) is 6.92 Å². The fraction of sp³-hybridized carbons (Fsp3) is 0.182. The van der Waals surface area contributed by atoms with Crippen molar-refractivity contribution in [3.63, 3.8) is 0 Å². The minimum Gasteiger partial charge on any atom is -0.508 e. The number of fused-ring (bicyclic) bond motifs is 1. The molecule has 14 heavy (non-hydrogen) atoms. The van der Waals surface area contributed by atoms with Crippen LogP contribution in [-0.2, 0) is 0 Å². The van der Waals surface area contributed by atoms with Gasteiger partial charge in [-0.25, -0.2) is 4.39 Å². The Bertz CT molecular complexity index is 508. The van der Waals surface area contributed by atoms with Crippen molar-refractivity contribution in [2.75, 3.05) is 0 Å². The molecule has 2 aromatic rings. The van der Waals surface area contributed by atoms with Crippen LogP contribution in [0.25, 0.3) is 10.9 Å². The molecule has 3 heteroatoms. The molecule has 0 spiro atoms. The Balaban J connectivity index is 2.95. The van der Waals surface area contributed by atoms with Crippen molar-refractivity contribution in [2.45, 2.75) is 13.8 Å². The van der Waals surface area contributed by atoms with E-state index in [1.54, 1.807) is 13.0 Å². The molecule has 1 heterocycles. The van der Waals surface area contributed by atoms with E-state index in [1.165, 1.54) is 12.3 Å². The highest BCUT2D eigenvalue weighted by Crippen LogP contribution is 2.26. The van der Waals surface area contributed by atoms with E-state index in [4.69, 9.17) is 0 Å². The predicted molar refractivity (Wildman–Crippen MR) is 52.8 cm³/mol. The molecule has 0 saturated carbocycles. The van der Waals surface area contributed by atoms with Gasteiger partial charge in [0.15, 0.2) is 0 Å². The summed E-state index contributed by atoms with van der Waals surface area (Å²) < 4.78 is 13.2. The van der Waals surface area contributed by atoms with Gasteiger partial charge in [-0.15, -0.1) is 0 Å². The SMILES string of the molecule is Cc1cc(O)cc2ncc(F)c(C)c12. The first-order valence-electron chi connectivity index (χ1n) is 4.34. The molecule has 0 aliphatic carbocycles. The zero-order valence-corrected chi connectivity index (χ0v) is 8.00. The van der Waals surface area contributed by atoms with Gasteiger partial charge in [0.2, 0.25) is 0 Å². The molecule has 0 fully saturated rings. The van der Waals surface area contributed by atoms with Gasteiger partial charge in [-0.05, 0) is 31.0 Å². The molecule has 0 radical (unpaired) electrons. The van der Waals surface area contributed by atoms with E-state index < -0.39 is 0 Å². The largest absolute Gasteiger partial charge is 0.508 e. The maximum atomic E-state index is 13.2. The predicted octanol–water partition coefficient (Wildman–Crippen LogP) is 2.70. The van der Waals surface area contributed by atoms with Crippen molar-refractivity contribution in [3.8, 4) is 5.75 Å². The van der Waals surface area contributed by atoms with Crippen molar-refractivity contribution >= 4 is 10.9 Å². The minimum absolute atomic E-state index is 0.161. The van der Waals surface area contributed by atoms with Gasteiger partial charge < -0.3 is 5.11 Å². The normalized spacial score (nSPS) is 10.8. The zero-order chi connectivity index (χ0) is 10.3. The molecule has 1 N–H and O–H groups in total. The van der Waals surface area contributed by atoms with Gasteiger partial charge in [0, 0.05) is 11.5 Å². The van der Waals surface area contributed by atoms with Gasteiger partial charge in [-0.1, -0.05) is 0 Å². The highest BCUT2D eigenvalue weighted by molar-refractivity contribution is 5.86. The first-order valence-corrected chi connectivity index (χ1v) is 4.34. The van der Waals surface area contributed by atoms with Crippen LogP contribution >= 0.6 is 0 Å². The summed E-state index contributed by atoms with van der Waals surface area (Å²) in [5, 5.41) is 10.1. The number of phenolic OH excluding ortho intramolecular Hbond substituents is 1. The van der Waals surface area contributed by atoms with Crippen LogP contribution in [0.3, 0.4) is 0 Å². The van der Waals surface area contributed by atoms with Crippen molar-refractivity contribution < 1.29 is 9.50 Å². The van der Waals surface area contributed by atoms with Crippen LogP contribution in [-0.4, -0.2) is 10.1 Å². The number of halogens is 1. The fourth-order valence-electron chi connectivity index (χ4n) is 1.68. The van der Waals surface area contributed by atoms with Crippen LogP contribution in [0.15, 0.2) is 18.3 Å². The van der Waals surface area contributed by atoms with E-state index in [9.17, 15) is 9.50 Å². The Morgan fingerprint density at radius 1 is 1.29 bits per heavy atom. The molecule has 0 saturated heterocycles. The number of hydrogen-bond acceptors (Lipinski definition) is 2. The number of benzene rings is 1. The Morgan fingerprint density at radius 2 is 2.00 bits per heavy atom. The Labute approximate surface area is 81.0 Å². The van der Waals surface area contributed by atoms with Gasteiger partial charge in [-0.3, -0.25) is 4.98 Å². The smallest absolute Gasteiger partial charge is 0.145 e. The summed E-state index contributed by atoms with van der Waals surface area (Å²) in [5.41, 5.74) is 2.04. The van der Waals surface area contributed by atoms with Gasteiger partial charge in [0.05, 0.1) is 11.7 Å². The molecule has 0 aliphatic rings. The molecule has 2 nitrogen and oxygen atoms in total. The lowest BCUT2D eigenvalue weighted by atomic mass is 10.0. The summed E-state index contributed by atoms with van der Waals surface area (Å²) in [6.45, 7) is 3.54. The number of aryl methyl sites for hydroxylation is 2. The van der Waals surface area contributed by atoms with Crippen LogP contribution < -0.4 is 0 Å². The van der Waals surface area contributed by atoms with Gasteiger partial charge >= 0.3 is 0 Å². The molecule has 0 aliphatic heterocycles. The van der Waals surface area contributed by atoms with Gasteiger partial charge in [-0.2, -0.15) is 0 Å². The van der Waals surface area contributed by atoms with Crippen molar-refractivity contribution in [1.29, 1.82) is 0 Å². The van der Waals surface area contributed by atoms with E-state index in [2.05, 4.69) is 4.98 Å². The lowest BCUT2D eigenvalue weighted by molar-refractivity contribution is 0.475. The monoisotopic (exact) mass is 191 g/mol. The molecule has 2 rings (SSSR count). The first-order chi connectivity index (χ1) is 6.59. The molecule has 1 aromatic carbocycles. The number of rotatable bonds is 0. The average molecular weight is 191 g/mol. The van der Waals surface area contributed by atoms with Gasteiger partial charge in [0.1, 0.15) is 11.6 Å². The minimum atomic E-state index is -0.314. The van der Waals surface area contributed by atoms with Crippen LogP contribution in [0.5, 0.6) is 5.75 Å². The van der Waals surface area contributed by atoms with Crippen molar-refractivity contribution in [1.82, 2.24) is 4.98 Å².